The van der Waals surface area contributed by atoms with Crippen molar-refractivity contribution in [1.29, 1.82) is 0 Å². The Morgan fingerprint density at radius 3 is 2.03 bits per heavy atom. The number of hydrogen-bond acceptors (Lipinski definition) is 5. The maximum Gasteiger partial charge on any atom is 0.282 e. The fourth-order valence-electron chi connectivity index (χ4n) is 3.55. The molecule has 0 radical (unpaired) electrons. The average molecular weight is 428 g/mol. The van der Waals surface area contributed by atoms with Crippen LogP contribution in [0.15, 0.2) is 78.5 Å². The number of carbonyl (C=O) groups excluding carboxylic acids is 2. The van der Waals surface area contributed by atoms with Crippen LogP contribution in [0.1, 0.15) is 18.1 Å². The van der Waals surface area contributed by atoms with Crippen LogP contribution >= 0.6 is 0 Å². The predicted octanol–water partition coefficient (Wildman–Crippen LogP) is 4.80. The second kappa shape index (κ2) is 8.98. The number of carbonyl (C=O) groups is 2. The third kappa shape index (κ3) is 4.07. The lowest BCUT2D eigenvalue weighted by molar-refractivity contribution is -0.120. The van der Waals surface area contributed by atoms with Gasteiger partial charge in [0, 0.05) is 5.69 Å². The quantitative estimate of drug-likeness (QED) is 0.548. The lowest BCUT2D eigenvalue weighted by atomic mass is 10.0. The first-order valence-corrected chi connectivity index (χ1v) is 10.4. The number of benzene rings is 3. The second-order valence-corrected chi connectivity index (χ2v) is 7.34. The first-order chi connectivity index (χ1) is 15.5. The Kier molecular flexibility index (Phi) is 5.94. The molecule has 32 heavy (non-hydrogen) atoms. The number of rotatable bonds is 7. The summed E-state index contributed by atoms with van der Waals surface area (Å²) in [6.07, 6.45) is 0. The maximum atomic E-state index is 13.5. The summed E-state index contributed by atoms with van der Waals surface area (Å²) in [7, 11) is 1.59. The molecule has 0 fully saturated rings. The molecule has 1 aliphatic heterocycles. The van der Waals surface area contributed by atoms with Crippen molar-refractivity contribution in [3.05, 3.63) is 89.6 Å². The van der Waals surface area contributed by atoms with Gasteiger partial charge in [0.1, 0.15) is 17.2 Å². The van der Waals surface area contributed by atoms with E-state index in [0.29, 0.717) is 40.6 Å². The molecule has 2 amide bonds. The first-order valence-electron chi connectivity index (χ1n) is 10.4. The molecular weight excluding hydrogens is 404 g/mol. The fourth-order valence-corrected chi connectivity index (χ4v) is 3.55. The van der Waals surface area contributed by atoms with Crippen molar-refractivity contribution < 1.29 is 19.1 Å². The van der Waals surface area contributed by atoms with Crippen LogP contribution in [-0.4, -0.2) is 25.5 Å². The first kappa shape index (κ1) is 21.2. The number of methoxy groups -OCH3 is 1. The highest BCUT2D eigenvalue weighted by molar-refractivity contribution is 6.46. The van der Waals surface area contributed by atoms with E-state index in [2.05, 4.69) is 5.32 Å². The molecule has 0 saturated carbocycles. The Hall–Kier alpha value is -4.06. The van der Waals surface area contributed by atoms with Crippen molar-refractivity contribution in [2.45, 2.75) is 13.8 Å². The van der Waals surface area contributed by atoms with Crippen LogP contribution in [0.4, 0.5) is 11.4 Å². The Balaban J connectivity index is 1.74. The summed E-state index contributed by atoms with van der Waals surface area (Å²) in [6, 6.07) is 21.7. The standard InChI is InChI=1S/C26H24N2O4/c1-4-32-22-15-11-20(12-16-22)28-25(29)23(18-7-5-17(2)6-8-18)24(26(28)30)27-19-9-13-21(31-3)14-10-19/h5-16,27H,4H2,1-3H3. The van der Waals surface area contributed by atoms with E-state index in [1.54, 1.807) is 55.6 Å². The number of anilines is 2. The van der Waals surface area contributed by atoms with Crippen LogP contribution in [0.5, 0.6) is 11.5 Å². The van der Waals surface area contributed by atoms with Crippen molar-refractivity contribution in [1.82, 2.24) is 0 Å². The van der Waals surface area contributed by atoms with Crippen LogP contribution in [-0.2, 0) is 9.59 Å². The molecule has 3 aromatic carbocycles. The summed E-state index contributed by atoms with van der Waals surface area (Å²) >= 11 is 0. The minimum atomic E-state index is -0.412. The van der Waals surface area contributed by atoms with Gasteiger partial charge in [-0.05, 0) is 67.9 Å². The molecule has 1 N–H and O–H groups in total. The predicted molar refractivity (Wildman–Crippen MR) is 125 cm³/mol. The molecular formula is C26H24N2O4. The molecule has 0 spiro atoms. The average Bonchev–Trinajstić information content (AvgIpc) is 3.05. The molecule has 0 aromatic heterocycles. The molecule has 1 aliphatic rings. The zero-order chi connectivity index (χ0) is 22.7. The van der Waals surface area contributed by atoms with Crippen LogP contribution in [0, 0.1) is 6.92 Å². The van der Waals surface area contributed by atoms with Crippen molar-refractivity contribution >= 4 is 28.8 Å². The monoisotopic (exact) mass is 428 g/mol. The van der Waals surface area contributed by atoms with Crippen LogP contribution in [0.25, 0.3) is 5.57 Å². The summed E-state index contributed by atoms with van der Waals surface area (Å²) in [5, 5.41) is 3.15. The maximum absolute atomic E-state index is 13.5. The Morgan fingerprint density at radius 1 is 0.812 bits per heavy atom. The van der Waals surface area contributed by atoms with Crippen LogP contribution in [0.3, 0.4) is 0 Å². The van der Waals surface area contributed by atoms with Gasteiger partial charge in [-0.2, -0.15) is 0 Å². The second-order valence-electron chi connectivity index (χ2n) is 7.34. The van der Waals surface area contributed by atoms with E-state index in [1.807, 2.05) is 38.1 Å². The largest absolute Gasteiger partial charge is 0.497 e. The molecule has 0 saturated heterocycles. The normalized spacial score (nSPS) is 13.5. The van der Waals surface area contributed by atoms with Crippen molar-refractivity contribution in [3.8, 4) is 11.5 Å². The number of hydrogen-bond donors (Lipinski definition) is 1. The van der Waals surface area contributed by atoms with E-state index >= 15 is 0 Å². The lowest BCUT2D eigenvalue weighted by Crippen LogP contribution is -2.32. The van der Waals surface area contributed by atoms with Crippen molar-refractivity contribution in [3.63, 3.8) is 0 Å². The summed E-state index contributed by atoms with van der Waals surface area (Å²) in [6.45, 7) is 4.41. The molecule has 0 atom stereocenters. The highest BCUT2D eigenvalue weighted by Gasteiger charge is 2.40. The molecule has 0 aliphatic carbocycles. The van der Waals surface area contributed by atoms with Crippen LogP contribution < -0.4 is 19.7 Å². The Labute approximate surface area is 187 Å². The molecule has 3 aromatic rings. The highest BCUT2D eigenvalue weighted by atomic mass is 16.5. The smallest absolute Gasteiger partial charge is 0.282 e. The van der Waals surface area contributed by atoms with Gasteiger partial charge in [-0.3, -0.25) is 9.59 Å². The Morgan fingerprint density at radius 2 is 1.44 bits per heavy atom. The van der Waals surface area contributed by atoms with E-state index < -0.39 is 5.91 Å². The minimum absolute atomic E-state index is 0.234. The fraction of sp³-hybridized carbons (Fsp3) is 0.154. The third-order valence-corrected chi connectivity index (χ3v) is 5.19. The topological polar surface area (TPSA) is 67.9 Å². The number of amides is 2. The van der Waals surface area contributed by atoms with Gasteiger partial charge in [0.25, 0.3) is 11.8 Å². The molecule has 6 heteroatoms. The van der Waals surface area contributed by atoms with Gasteiger partial charge in [0.05, 0.1) is 25.0 Å². The van der Waals surface area contributed by atoms with Gasteiger partial charge in [-0.1, -0.05) is 29.8 Å². The number of aryl methyl sites for hydroxylation is 1. The molecule has 0 bridgehead atoms. The van der Waals surface area contributed by atoms with Gasteiger partial charge in [-0.25, -0.2) is 4.90 Å². The van der Waals surface area contributed by atoms with Gasteiger partial charge in [0.2, 0.25) is 0 Å². The van der Waals surface area contributed by atoms with E-state index in [-0.39, 0.29) is 11.6 Å². The van der Waals surface area contributed by atoms with E-state index in [1.165, 1.54) is 4.90 Å². The molecule has 4 rings (SSSR count). The van der Waals surface area contributed by atoms with Crippen molar-refractivity contribution in [2.24, 2.45) is 0 Å². The zero-order valence-corrected chi connectivity index (χ0v) is 18.2. The van der Waals surface area contributed by atoms with Crippen molar-refractivity contribution in [2.75, 3.05) is 23.9 Å². The molecule has 1 heterocycles. The Bertz CT molecular complexity index is 1160. The third-order valence-electron chi connectivity index (χ3n) is 5.19. The minimum Gasteiger partial charge on any atom is -0.497 e. The SMILES string of the molecule is CCOc1ccc(N2C(=O)C(Nc3ccc(OC)cc3)=C(c3ccc(C)cc3)C2=O)cc1. The van der Waals surface area contributed by atoms with E-state index in [9.17, 15) is 9.59 Å². The van der Waals surface area contributed by atoms with Gasteiger partial charge in [0.15, 0.2) is 0 Å². The van der Waals surface area contributed by atoms with E-state index in [0.717, 1.165) is 5.56 Å². The molecule has 0 unspecified atom stereocenters. The molecule has 6 nitrogen and oxygen atoms in total. The number of nitrogens with one attached hydrogen (secondary N) is 1. The van der Waals surface area contributed by atoms with Gasteiger partial charge in [-0.15, -0.1) is 0 Å². The molecule has 162 valence electrons. The lowest BCUT2D eigenvalue weighted by Gasteiger charge is -2.16. The highest BCUT2D eigenvalue weighted by Crippen LogP contribution is 2.34. The summed E-state index contributed by atoms with van der Waals surface area (Å²) < 4.78 is 10.7. The zero-order valence-electron chi connectivity index (χ0n) is 18.2. The van der Waals surface area contributed by atoms with E-state index in [4.69, 9.17) is 9.47 Å². The summed E-state index contributed by atoms with van der Waals surface area (Å²) in [5.41, 5.74) is 3.48. The number of imide groups is 1. The summed E-state index contributed by atoms with van der Waals surface area (Å²) in [4.78, 5) is 28.1. The number of nitrogens with zero attached hydrogens (tertiary/aromatic N) is 1. The number of ether oxygens (including phenoxy) is 2. The van der Waals surface area contributed by atoms with Gasteiger partial charge < -0.3 is 14.8 Å². The van der Waals surface area contributed by atoms with Crippen LogP contribution in [0.2, 0.25) is 0 Å². The summed E-state index contributed by atoms with van der Waals surface area (Å²) in [5.74, 6) is 0.594. The van der Waals surface area contributed by atoms with Gasteiger partial charge >= 0.3 is 0 Å².